The molecule has 0 aliphatic carbocycles. The molecule has 190 valence electrons. The second kappa shape index (κ2) is 17.4. The van der Waals surface area contributed by atoms with Crippen LogP contribution in [0.1, 0.15) is 58.6 Å². The van der Waals surface area contributed by atoms with Crippen molar-refractivity contribution in [1.29, 1.82) is 0 Å². The normalized spacial score (nSPS) is 11.5. The topological polar surface area (TPSA) is 104 Å². The van der Waals surface area contributed by atoms with Crippen molar-refractivity contribution in [1.82, 2.24) is 19.0 Å². The molecule has 0 radical (unpaired) electrons. The number of rotatable bonds is 9. The van der Waals surface area contributed by atoms with Crippen molar-refractivity contribution in [3.8, 4) is 0 Å². The van der Waals surface area contributed by atoms with Crippen molar-refractivity contribution in [2.24, 2.45) is 5.92 Å². The minimum Gasteiger partial charge on any atom is -0.512 e. The molecule has 1 amide bonds. The van der Waals surface area contributed by atoms with Crippen LogP contribution in [0.3, 0.4) is 0 Å². The molecule has 2 rings (SSSR count). The maximum Gasteiger partial charge on any atom is 0.256 e. The summed E-state index contributed by atoms with van der Waals surface area (Å²) >= 11 is 1.14. The van der Waals surface area contributed by atoms with E-state index in [0.717, 1.165) is 34.7 Å². The van der Waals surface area contributed by atoms with Gasteiger partial charge >= 0.3 is 0 Å². The van der Waals surface area contributed by atoms with Gasteiger partial charge in [0.25, 0.3) is 5.91 Å². The SMILES string of the molecule is CC.CC(C)C.C\C(O)=C(/C=C\C=C\NCc1nsnc1NCc1cc(C)co1)C(=O)N(C)C. The van der Waals surface area contributed by atoms with Crippen LogP contribution in [0.2, 0.25) is 0 Å². The summed E-state index contributed by atoms with van der Waals surface area (Å²) in [7, 11) is 3.27. The van der Waals surface area contributed by atoms with E-state index in [1.807, 2.05) is 26.8 Å². The fourth-order valence-electron chi connectivity index (χ4n) is 2.23. The summed E-state index contributed by atoms with van der Waals surface area (Å²) in [6, 6.07) is 1.97. The number of aromatic nitrogens is 2. The molecule has 0 atom stereocenters. The van der Waals surface area contributed by atoms with Gasteiger partial charge in [0.05, 0.1) is 36.7 Å². The van der Waals surface area contributed by atoms with Gasteiger partial charge in [0, 0.05) is 14.1 Å². The third kappa shape index (κ3) is 12.8. The predicted octanol–water partition coefficient (Wildman–Crippen LogP) is 5.82. The van der Waals surface area contributed by atoms with E-state index in [1.165, 1.54) is 11.8 Å². The molecule has 0 bridgehead atoms. The third-order valence-corrected chi connectivity index (χ3v) is 4.22. The fraction of sp³-hybridized carbons (Fsp3) is 0.480. The Morgan fingerprint density at radius 2 is 1.85 bits per heavy atom. The molecule has 0 aliphatic rings. The summed E-state index contributed by atoms with van der Waals surface area (Å²) in [5, 5.41) is 16.0. The van der Waals surface area contributed by atoms with Crippen LogP contribution in [0.5, 0.6) is 0 Å². The Bertz CT molecular complexity index is 920. The van der Waals surface area contributed by atoms with Gasteiger partial charge < -0.3 is 25.1 Å². The minimum atomic E-state index is -0.256. The summed E-state index contributed by atoms with van der Waals surface area (Å²) in [5.41, 5.74) is 2.13. The monoisotopic (exact) mass is 491 g/mol. The van der Waals surface area contributed by atoms with E-state index >= 15 is 0 Å². The number of allylic oxidation sites excluding steroid dienone is 3. The molecule has 0 unspecified atom stereocenters. The molecule has 0 saturated carbocycles. The molecule has 2 aromatic heterocycles. The lowest BCUT2D eigenvalue weighted by molar-refractivity contribution is -0.124. The number of furan rings is 1. The van der Waals surface area contributed by atoms with E-state index in [4.69, 9.17) is 4.42 Å². The van der Waals surface area contributed by atoms with Crippen LogP contribution in [0.25, 0.3) is 0 Å². The molecule has 8 nitrogen and oxygen atoms in total. The number of hydrogen-bond acceptors (Lipinski definition) is 8. The first-order valence-corrected chi connectivity index (χ1v) is 12.1. The molecule has 9 heteroatoms. The molecule has 0 aliphatic heterocycles. The average Bonchev–Trinajstić information content (AvgIpc) is 3.40. The zero-order valence-electron chi connectivity index (χ0n) is 22.0. The van der Waals surface area contributed by atoms with Gasteiger partial charge in [0.2, 0.25) is 0 Å². The number of aliphatic hydroxyl groups is 1. The van der Waals surface area contributed by atoms with Gasteiger partial charge in [-0.3, -0.25) is 4.79 Å². The Morgan fingerprint density at radius 1 is 1.21 bits per heavy atom. The van der Waals surface area contributed by atoms with Gasteiger partial charge in [-0.2, -0.15) is 8.75 Å². The summed E-state index contributed by atoms with van der Waals surface area (Å²) in [6.07, 6.45) is 8.44. The first kappa shape index (κ1) is 30.9. The van der Waals surface area contributed by atoms with E-state index in [0.29, 0.717) is 18.9 Å². The summed E-state index contributed by atoms with van der Waals surface area (Å²) in [4.78, 5) is 13.4. The maximum atomic E-state index is 12.0. The number of likely N-dealkylation sites (N-methyl/N-ethyl adjacent to an activating group) is 1. The van der Waals surface area contributed by atoms with E-state index in [2.05, 4.69) is 40.2 Å². The Kier molecular flexibility index (Phi) is 15.8. The second-order valence-electron chi connectivity index (χ2n) is 8.03. The van der Waals surface area contributed by atoms with E-state index in [9.17, 15) is 9.90 Å². The second-order valence-corrected chi connectivity index (χ2v) is 8.56. The average molecular weight is 492 g/mol. The third-order valence-electron chi connectivity index (χ3n) is 3.66. The highest BCUT2D eigenvalue weighted by atomic mass is 32.1. The first-order valence-electron chi connectivity index (χ1n) is 11.4. The first-order chi connectivity index (χ1) is 16.1. The van der Waals surface area contributed by atoms with Crippen molar-refractivity contribution < 1.29 is 14.3 Å². The Labute approximate surface area is 208 Å². The standard InChI is InChI=1S/C19H25N5O3S.C4H10.C2H6/c1-13-9-15(27-12-13)10-21-18-17(22-28-23-18)11-20-8-6-5-7-16(14(2)25)19(26)24(3)4;1-4(2)3;1-2/h5-9,12,20,25H,10-11H2,1-4H3,(H,21,23);4H,1-3H3;1-2H3/b7-5-,8-6+,16-14-;;. The van der Waals surface area contributed by atoms with E-state index in [-0.39, 0.29) is 17.2 Å². The van der Waals surface area contributed by atoms with Crippen LogP contribution in [-0.4, -0.2) is 38.8 Å². The lowest BCUT2D eigenvalue weighted by Crippen LogP contribution is -2.23. The highest BCUT2D eigenvalue weighted by Gasteiger charge is 2.11. The molecule has 3 N–H and O–H groups in total. The largest absolute Gasteiger partial charge is 0.512 e. The van der Waals surface area contributed by atoms with Crippen molar-refractivity contribution >= 4 is 23.5 Å². The van der Waals surface area contributed by atoms with Crippen molar-refractivity contribution in [2.45, 2.75) is 61.6 Å². The molecular formula is C25H41N5O3S. The lowest BCUT2D eigenvalue weighted by atomic mass is 10.2. The summed E-state index contributed by atoms with van der Waals surface area (Å²) in [6.45, 7) is 15.0. The number of anilines is 1. The van der Waals surface area contributed by atoms with Crippen LogP contribution < -0.4 is 10.6 Å². The Morgan fingerprint density at radius 3 is 2.38 bits per heavy atom. The van der Waals surface area contributed by atoms with Gasteiger partial charge in [0.1, 0.15) is 17.2 Å². The molecule has 2 heterocycles. The minimum absolute atomic E-state index is 0.0210. The lowest BCUT2D eigenvalue weighted by Gasteiger charge is -2.11. The predicted molar refractivity (Wildman–Crippen MR) is 142 cm³/mol. The highest BCUT2D eigenvalue weighted by Crippen LogP contribution is 2.14. The molecule has 34 heavy (non-hydrogen) atoms. The van der Waals surface area contributed by atoms with E-state index in [1.54, 1.807) is 44.8 Å². The van der Waals surface area contributed by atoms with Crippen molar-refractivity contribution in [3.05, 3.63) is 65.1 Å². The van der Waals surface area contributed by atoms with Crippen LogP contribution >= 0.6 is 11.7 Å². The summed E-state index contributed by atoms with van der Waals surface area (Å²) < 4.78 is 13.9. The maximum absolute atomic E-state index is 12.0. The number of nitrogens with zero attached hydrogens (tertiary/aromatic N) is 3. The van der Waals surface area contributed by atoms with Crippen molar-refractivity contribution in [2.75, 3.05) is 19.4 Å². The van der Waals surface area contributed by atoms with Crippen LogP contribution in [0.4, 0.5) is 5.82 Å². The Balaban J connectivity index is 0.00000164. The molecule has 0 spiro atoms. The number of aryl methyl sites for hydroxylation is 1. The van der Waals surface area contributed by atoms with Gasteiger partial charge in [0.15, 0.2) is 5.82 Å². The highest BCUT2D eigenvalue weighted by molar-refractivity contribution is 6.99. The number of aliphatic hydroxyl groups excluding tert-OH is 1. The van der Waals surface area contributed by atoms with Gasteiger partial charge in [-0.15, -0.1) is 0 Å². The van der Waals surface area contributed by atoms with Crippen molar-refractivity contribution in [3.63, 3.8) is 0 Å². The number of nitrogens with one attached hydrogen (secondary N) is 2. The van der Waals surface area contributed by atoms with Crippen LogP contribution in [0, 0.1) is 12.8 Å². The smallest absolute Gasteiger partial charge is 0.256 e. The molecule has 0 saturated heterocycles. The zero-order valence-corrected chi connectivity index (χ0v) is 22.8. The zero-order chi connectivity index (χ0) is 26.1. The molecule has 0 aromatic carbocycles. The quantitative estimate of drug-likeness (QED) is 0.231. The van der Waals surface area contributed by atoms with E-state index < -0.39 is 0 Å². The van der Waals surface area contributed by atoms with Crippen LogP contribution in [-0.2, 0) is 17.9 Å². The number of hydrogen-bond donors (Lipinski definition) is 3. The molecule has 0 fully saturated rings. The number of amides is 1. The Hall–Kier alpha value is -3.07. The fourth-order valence-corrected chi connectivity index (χ4v) is 2.77. The van der Waals surface area contributed by atoms with Gasteiger partial charge in [-0.05, 0) is 49.7 Å². The number of carbonyl (C=O) groups is 1. The van der Waals surface area contributed by atoms with Gasteiger partial charge in [-0.1, -0.05) is 40.7 Å². The van der Waals surface area contributed by atoms with Crippen LogP contribution in [0.15, 0.2) is 52.5 Å². The molecular weight excluding hydrogens is 450 g/mol. The summed E-state index contributed by atoms with van der Waals surface area (Å²) in [5.74, 6) is 2.11. The molecule has 2 aromatic rings. The number of carbonyl (C=O) groups excluding carboxylic acids is 1. The van der Waals surface area contributed by atoms with Gasteiger partial charge in [-0.25, -0.2) is 0 Å².